The number of nitrogens with zero attached hydrogens (tertiary/aromatic N) is 1. The maximum atomic E-state index is 12.7. The van der Waals surface area contributed by atoms with Crippen molar-refractivity contribution < 1.29 is 13.2 Å². The minimum Gasteiger partial charge on any atom is -0.377 e. The summed E-state index contributed by atoms with van der Waals surface area (Å²) in [6, 6.07) is 7.78. The molecule has 5 heteroatoms. The molecule has 3 rings (SSSR count). The predicted molar refractivity (Wildman–Crippen MR) is 79.5 cm³/mol. The van der Waals surface area contributed by atoms with E-state index in [-0.39, 0.29) is 17.9 Å². The number of benzene rings is 1. The molecule has 110 valence electrons. The maximum Gasteiger partial charge on any atom is 0.237 e. The van der Waals surface area contributed by atoms with E-state index in [9.17, 15) is 8.42 Å². The van der Waals surface area contributed by atoms with Gasteiger partial charge < -0.3 is 4.74 Å². The maximum absolute atomic E-state index is 12.7. The Hall–Kier alpha value is -1.07. The van der Waals surface area contributed by atoms with Gasteiger partial charge in [0.15, 0.2) is 0 Å². The van der Waals surface area contributed by atoms with Crippen LogP contribution in [0.5, 0.6) is 0 Å². The van der Waals surface area contributed by atoms with Crippen LogP contribution in [0.1, 0.15) is 31.7 Å². The van der Waals surface area contributed by atoms with Gasteiger partial charge in [-0.3, -0.25) is 4.31 Å². The number of hydrogen-bond acceptors (Lipinski definition) is 3. The molecule has 0 aliphatic carbocycles. The summed E-state index contributed by atoms with van der Waals surface area (Å²) < 4.78 is 32.6. The highest BCUT2D eigenvalue weighted by Crippen LogP contribution is 2.34. The smallest absolute Gasteiger partial charge is 0.237 e. The van der Waals surface area contributed by atoms with Crippen molar-refractivity contribution in [2.45, 2.75) is 44.8 Å². The van der Waals surface area contributed by atoms with Crippen LogP contribution in [0, 0.1) is 0 Å². The van der Waals surface area contributed by atoms with E-state index in [4.69, 9.17) is 4.74 Å². The van der Waals surface area contributed by atoms with Gasteiger partial charge in [0.1, 0.15) is 0 Å². The van der Waals surface area contributed by atoms with Gasteiger partial charge in [0.2, 0.25) is 10.0 Å². The van der Waals surface area contributed by atoms with Gasteiger partial charge in [-0.1, -0.05) is 18.2 Å². The SMILES string of the molecule is CC1Cc2ccccc2N1S(=O)(=O)CC1CCCCO1. The summed E-state index contributed by atoms with van der Waals surface area (Å²) in [5.41, 5.74) is 1.96. The van der Waals surface area contributed by atoms with E-state index in [1.165, 1.54) is 0 Å². The van der Waals surface area contributed by atoms with Crippen molar-refractivity contribution in [2.24, 2.45) is 0 Å². The lowest BCUT2D eigenvalue weighted by Crippen LogP contribution is -2.41. The quantitative estimate of drug-likeness (QED) is 0.860. The molecule has 0 saturated carbocycles. The predicted octanol–water partition coefficient (Wildman–Crippen LogP) is 2.34. The summed E-state index contributed by atoms with van der Waals surface area (Å²) in [5.74, 6) is 0.103. The Bertz CT molecular complexity index is 579. The first-order valence-electron chi connectivity index (χ1n) is 7.29. The third-order valence-electron chi connectivity index (χ3n) is 4.11. The van der Waals surface area contributed by atoms with Crippen molar-refractivity contribution in [3.05, 3.63) is 29.8 Å². The normalized spacial score (nSPS) is 26.6. The van der Waals surface area contributed by atoms with Crippen LogP contribution < -0.4 is 4.31 Å². The monoisotopic (exact) mass is 295 g/mol. The second-order valence-corrected chi connectivity index (χ2v) is 7.64. The van der Waals surface area contributed by atoms with E-state index in [0.29, 0.717) is 6.61 Å². The summed E-state index contributed by atoms with van der Waals surface area (Å²) in [5, 5.41) is 0. The van der Waals surface area contributed by atoms with Crippen LogP contribution >= 0.6 is 0 Å². The van der Waals surface area contributed by atoms with Crippen LogP contribution in [-0.4, -0.2) is 32.9 Å². The molecule has 0 radical (unpaired) electrons. The highest BCUT2D eigenvalue weighted by Gasteiger charge is 2.36. The van der Waals surface area contributed by atoms with Crippen molar-refractivity contribution in [3.8, 4) is 0 Å². The third kappa shape index (κ3) is 2.56. The number of rotatable bonds is 3. The van der Waals surface area contributed by atoms with Gasteiger partial charge in [-0.05, 0) is 44.2 Å². The second kappa shape index (κ2) is 5.37. The molecule has 2 aliphatic rings. The van der Waals surface area contributed by atoms with Crippen LogP contribution in [0.15, 0.2) is 24.3 Å². The lowest BCUT2D eigenvalue weighted by atomic mass is 10.1. The second-order valence-electron chi connectivity index (χ2n) is 5.74. The molecule has 2 heterocycles. The molecule has 0 aromatic heterocycles. The number of anilines is 1. The van der Waals surface area contributed by atoms with Gasteiger partial charge in [0.05, 0.1) is 17.5 Å². The Morgan fingerprint density at radius 3 is 2.85 bits per heavy atom. The Morgan fingerprint density at radius 2 is 2.10 bits per heavy atom. The van der Waals surface area contributed by atoms with Crippen LogP contribution in [-0.2, 0) is 21.2 Å². The standard InChI is InChI=1S/C15H21NO3S/c1-12-10-13-6-2-3-8-15(13)16(12)20(17,18)11-14-7-4-5-9-19-14/h2-3,6,8,12,14H,4-5,7,9-11H2,1H3. The zero-order chi connectivity index (χ0) is 14.2. The van der Waals surface area contributed by atoms with Crippen molar-refractivity contribution in [3.63, 3.8) is 0 Å². The van der Waals surface area contributed by atoms with Gasteiger partial charge in [-0.25, -0.2) is 8.42 Å². The molecular formula is C15H21NO3S. The molecule has 1 aromatic carbocycles. The summed E-state index contributed by atoms with van der Waals surface area (Å²) in [4.78, 5) is 0. The van der Waals surface area contributed by atoms with E-state index in [0.717, 1.165) is 36.9 Å². The molecule has 20 heavy (non-hydrogen) atoms. The molecule has 2 atom stereocenters. The molecule has 1 aromatic rings. The number of ether oxygens (including phenoxy) is 1. The molecule has 0 bridgehead atoms. The molecule has 1 fully saturated rings. The fourth-order valence-corrected chi connectivity index (χ4v) is 5.21. The van der Waals surface area contributed by atoms with E-state index in [1.54, 1.807) is 4.31 Å². The van der Waals surface area contributed by atoms with E-state index < -0.39 is 10.0 Å². The Morgan fingerprint density at radius 1 is 1.30 bits per heavy atom. The zero-order valence-corrected chi connectivity index (χ0v) is 12.6. The summed E-state index contributed by atoms with van der Waals surface area (Å²) in [6.07, 6.45) is 3.60. The van der Waals surface area contributed by atoms with Crippen LogP contribution in [0.4, 0.5) is 5.69 Å². The molecule has 0 amide bonds. The lowest BCUT2D eigenvalue weighted by molar-refractivity contribution is 0.0305. The van der Waals surface area contributed by atoms with Crippen LogP contribution in [0.25, 0.3) is 0 Å². The topological polar surface area (TPSA) is 46.6 Å². The summed E-state index contributed by atoms with van der Waals surface area (Å²) in [7, 11) is -3.31. The van der Waals surface area contributed by atoms with Crippen molar-refractivity contribution in [1.29, 1.82) is 0 Å². The highest BCUT2D eigenvalue weighted by atomic mass is 32.2. The summed E-state index contributed by atoms with van der Waals surface area (Å²) in [6.45, 7) is 2.66. The summed E-state index contributed by atoms with van der Waals surface area (Å²) >= 11 is 0. The Balaban J connectivity index is 1.83. The number of sulfonamides is 1. The van der Waals surface area contributed by atoms with Crippen LogP contribution in [0.3, 0.4) is 0 Å². The Kier molecular flexibility index (Phi) is 3.73. The zero-order valence-electron chi connectivity index (χ0n) is 11.8. The average Bonchev–Trinajstić information content (AvgIpc) is 2.75. The average molecular weight is 295 g/mol. The third-order valence-corrected chi connectivity index (χ3v) is 6.06. The molecule has 4 nitrogen and oxygen atoms in total. The molecule has 1 saturated heterocycles. The molecular weight excluding hydrogens is 274 g/mol. The van der Waals surface area contributed by atoms with Crippen molar-refractivity contribution in [1.82, 2.24) is 0 Å². The molecule has 2 aliphatic heterocycles. The lowest BCUT2D eigenvalue weighted by Gasteiger charge is -2.28. The largest absolute Gasteiger partial charge is 0.377 e. The number of para-hydroxylation sites is 1. The fourth-order valence-electron chi connectivity index (χ4n) is 3.22. The minimum atomic E-state index is -3.31. The van der Waals surface area contributed by atoms with Gasteiger partial charge in [-0.15, -0.1) is 0 Å². The molecule has 0 spiro atoms. The molecule has 2 unspecified atom stereocenters. The van der Waals surface area contributed by atoms with Crippen molar-refractivity contribution in [2.75, 3.05) is 16.7 Å². The first kappa shape index (κ1) is 13.9. The molecule has 0 N–H and O–H groups in total. The first-order chi connectivity index (χ1) is 9.58. The van der Waals surface area contributed by atoms with E-state index >= 15 is 0 Å². The minimum absolute atomic E-state index is 0.000917. The fraction of sp³-hybridized carbons (Fsp3) is 0.600. The number of hydrogen-bond donors (Lipinski definition) is 0. The Labute approximate surface area is 120 Å². The van der Waals surface area contributed by atoms with Gasteiger partial charge in [-0.2, -0.15) is 0 Å². The van der Waals surface area contributed by atoms with Crippen molar-refractivity contribution >= 4 is 15.7 Å². The number of fused-ring (bicyclic) bond motifs is 1. The van der Waals surface area contributed by atoms with Gasteiger partial charge >= 0.3 is 0 Å². The van der Waals surface area contributed by atoms with E-state index in [1.807, 2.05) is 31.2 Å². The van der Waals surface area contributed by atoms with Gasteiger partial charge in [0, 0.05) is 12.6 Å². The van der Waals surface area contributed by atoms with Crippen LogP contribution in [0.2, 0.25) is 0 Å². The highest BCUT2D eigenvalue weighted by molar-refractivity contribution is 7.92. The van der Waals surface area contributed by atoms with E-state index in [2.05, 4.69) is 0 Å². The van der Waals surface area contributed by atoms with Gasteiger partial charge in [0.25, 0.3) is 0 Å². The first-order valence-corrected chi connectivity index (χ1v) is 8.90.